The fraction of sp³-hybridized carbons (Fsp3) is 0.500. The summed E-state index contributed by atoms with van der Waals surface area (Å²) in [6, 6.07) is 8.44. The first-order valence-electron chi connectivity index (χ1n) is 7.10. The molecule has 1 aromatic carbocycles. The fourth-order valence-corrected chi connectivity index (χ4v) is 2.50. The zero-order chi connectivity index (χ0) is 15.0. The average Bonchev–Trinajstić information content (AvgIpc) is 2.45. The minimum absolute atomic E-state index is 0.0270. The summed E-state index contributed by atoms with van der Waals surface area (Å²) < 4.78 is 0. The molecule has 1 aromatic rings. The summed E-state index contributed by atoms with van der Waals surface area (Å²) in [5, 5.41) is 20.6. The van der Waals surface area contributed by atoms with Gasteiger partial charge in [-0.25, -0.2) is 0 Å². The van der Waals surface area contributed by atoms with Crippen LogP contribution in [0.5, 0.6) is 0 Å². The van der Waals surface area contributed by atoms with Gasteiger partial charge in [-0.05, 0) is 18.4 Å². The quantitative estimate of drug-likeness (QED) is 0.554. The number of nitro groups is 1. The van der Waals surface area contributed by atoms with Crippen LogP contribution in [0.3, 0.4) is 0 Å². The smallest absolute Gasteiger partial charge is 0.240 e. The lowest BCUT2D eigenvalue weighted by Crippen LogP contribution is -2.31. The number of hydrogen-bond acceptors (Lipinski definition) is 3. The van der Waals surface area contributed by atoms with Gasteiger partial charge in [-0.1, -0.05) is 56.7 Å². The Balaban J connectivity index is 2.95. The summed E-state index contributed by atoms with van der Waals surface area (Å²) in [6.07, 6.45) is 3.10. The molecule has 0 fully saturated rings. The zero-order valence-corrected chi connectivity index (χ0v) is 12.0. The number of unbranched alkanes of at least 4 members (excludes halogenated alkanes) is 1. The molecule has 1 N–H and O–H groups in total. The van der Waals surface area contributed by atoms with Crippen LogP contribution in [0.2, 0.25) is 0 Å². The van der Waals surface area contributed by atoms with E-state index in [9.17, 15) is 10.1 Å². The summed E-state index contributed by atoms with van der Waals surface area (Å²) >= 11 is 0. The second kappa shape index (κ2) is 8.48. The summed E-state index contributed by atoms with van der Waals surface area (Å²) in [6.45, 7) is 5.97. The highest BCUT2D eigenvalue weighted by molar-refractivity contribution is 5.66. The van der Waals surface area contributed by atoms with Crippen LogP contribution in [0.1, 0.15) is 38.2 Å². The Kier molecular flexibility index (Phi) is 6.94. The van der Waals surface area contributed by atoms with Crippen molar-refractivity contribution >= 4 is 5.57 Å². The van der Waals surface area contributed by atoms with Gasteiger partial charge in [0.1, 0.15) is 0 Å². The lowest BCUT2D eigenvalue weighted by atomic mass is 9.85. The third-order valence-corrected chi connectivity index (χ3v) is 3.60. The summed E-state index contributed by atoms with van der Waals surface area (Å²) in [4.78, 5) is 11.2. The molecule has 0 aliphatic rings. The average molecular weight is 277 g/mol. The van der Waals surface area contributed by atoms with Crippen LogP contribution in [-0.2, 0) is 0 Å². The van der Waals surface area contributed by atoms with Gasteiger partial charge in [0.15, 0.2) is 0 Å². The van der Waals surface area contributed by atoms with E-state index in [1.54, 1.807) is 0 Å². The standard InChI is InChI=1S/C16H23NO3/c1-3-4-8-15(11-12-18)16(17(19)20)13(2)14-9-6-5-7-10-14/h5-7,9-10,15-16,18H,2-4,8,11-12H2,1H3/t15-,16-/m1/s1. The second-order valence-electron chi connectivity index (χ2n) is 5.04. The third-order valence-electron chi connectivity index (χ3n) is 3.60. The lowest BCUT2D eigenvalue weighted by Gasteiger charge is -2.22. The molecule has 2 atom stereocenters. The predicted molar refractivity (Wildman–Crippen MR) is 81.0 cm³/mol. The van der Waals surface area contributed by atoms with E-state index in [1.165, 1.54) is 0 Å². The van der Waals surface area contributed by atoms with Crippen LogP contribution >= 0.6 is 0 Å². The molecule has 0 spiro atoms. The van der Waals surface area contributed by atoms with Crippen LogP contribution in [0.4, 0.5) is 0 Å². The van der Waals surface area contributed by atoms with E-state index in [-0.39, 0.29) is 17.4 Å². The maximum absolute atomic E-state index is 11.5. The molecule has 110 valence electrons. The van der Waals surface area contributed by atoms with Gasteiger partial charge in [0, 0.05) is 23.0 Å². The van der Waals surface area contributed by atoms with E-state index in [0.29, 0.717) is 12.0 Å². The van der Waals surface area contributed by atoms with Crippen molar-refractivity contribution in [1.82, 2.24) is 0 Å². The van der Waals surface area contributed by atoms with Crippen LogP contribution in [0.25, 0.3) is 5.57 Å². The van der Waals surface area contributed by atoms with Gasteiger partial charge >= 0.3 is 0 Å². The Morgan fingerprint density at radius 3 is 2.50 bits per heavy atom. The van der Waals surface area contributed by atoms with Crippen molar-refractivity contribution in [3.63, 3.8) is 0 Å². The summed E-state index contributed by atoms with van der Waals surface area (Å²) in [7, 11) is 0. The Hall–Kier alpha value is -1.68. The van der Waals surface area contributed by atoms with Crippen molar-refractivity contribution in [2.24, 2.45) is 5.92 Å². The highest BCUT2D eigenvalue weighted by Crippen LogP contribution is 2.29. The molecule has 4 heteroatoms. The molecule has 0 amide bonds. The number of benzene rings is 1. The van der Waals surface area contributed by atoms with Crippen molar-refractivity contribution in [1.29, 1.82) is 0 Å². The molecular formula is C16H23NO3. The van der Waals surface area contributed by atoms with Gasteiger partial charge in [0.2, 0.25) is 6.04 Å². The van der Waals surface area contributed by atoms with Gasteiger partial charge < -0.3 is 5.11 Å². The normalized spacial score (nSPS) is 13.7. The predicted octanol–water partition coefficient (Wildman–Crippen LogP) is 3.53. The zero-order valence-electron chi connectivity index (χ0n) is 12.0. The van der Waals surface area contributed by atoms with Crippen LogP contribution in [0.15, 0.2) is 36.9 Å². The van der Waals surface area contributed by atoms with Crippen molar-refractivity contribution in [2.45, 2.75) is 38.6 Å². The van der Waals surface area contributed by atoms with Crippen LogP contribution in [0, 0.1) is 16.0 Å². The maximum Gasteiger partial charge on any atom is 0.240 e. The molecule has 20 heavy (non-hydrogen) atoms. The summed E-state index contributed by atoms with van der Waals surface area (Å²) in [5.41, 5.74) is 1.33. The number of rotatable bonds is 9. The Labute approximate surface area is 120 Å². The monoisotopic (exact) mass is 277 g/mol. The van der Waals surface area contributed by atoms with Crippen LogP contribution < -0.4 is 0 Å². The molecular weight excluding hydrogens is 254 g/mol. The molecule has 4 nitrogen and oxygen atoms in total. The number of aliphatic hydroxyl groups is 1. The van der Waals surface area contributed by atoms with E-state index in [2.05, 4.69) is 13.5 Å². The largest absolute Gasteiger partial charge is 0.396 e. The molecule has 1 rings (SSSR count). The Morgan fingerprint density at radius 2 is 2.00 bits per heavy atom. The van der Waals surface area contributed by atoms with Crippen molar-refractivity contribution in [2.75, 3.05) is 6.61 Å². The van der Waals surface area contributed by atoms with E-state index >= 15 is 0 Å². The van der Waals surface area contributed by atoms with Gasteiger partial charge in [0.05, 0.1) is 0 Å². The molecule has 0 aliphatic carbocycles. The van der Waals surface area contributed by atoms with Gasteiger partial charge in [-0.2, -0.15) is 0 Å². The minimum Gasteiger partial charge on any atom is -0.396 e. The molecule has 0 unspecified atom stereocenters. The highest BCUT2D eigenvalue weighted by atomic mass is 16.6. The Bertz CT molecular complexity index is 431. The van der Waals surface area contributed by atoms with E-state index in [1.807, 2.05) is 30.3 Å². The SMILES string of the molecule is C=C(c1ccccc1)[C@H]([C@@H](CCO)CCCC)[N+](=O)[O-]. The molecule has 0 radical (unpaired) electrons. The van der Waals surface area contributed by atoms with Crippen LogP contribution in [-0.4, -0.2) is 22.7 Å². The maximum atomic E-state index is 11.5. The van der Waals surface area contributed by atoms with Gasteiger partial charge in [0.25, 0.3) is 0 Å². The third kappa shape index (κ3) is 4.46. The van der Waals surface area contributed by atoms with Crippen molar-refractivity contribution < 1.29 is 10.0 Å². The van der Waals surface area contributed by atoms with Crippen molar-refractivity contribution in [3.05, 3.63) is 52.6 Å². The molecule has 0 heterocycles. The first-order chi connectivity index (χ1) is 9.61. The number of hydrogen-bond donors (Lipinski definition) is 1. The minimum atomic E-state index is -0.823. The van der Waals surface area contributed by atoms with E-state index in [0.717, 1.165) is 24.8 Å². The first-order valence-corrected chi connectivity index (χ1v) is 7.10. The molecule has 0 aliphatic heterocycles. The summed E-state index contributed by atoms with van der Waals surface area (Å²) in [5.74, 6) is -0.164. The molecule has 0 saturated carbocycles. The van der Waals surface area contributed by atoms with E-state index in [4.69, 9.17) is 5.11 Å². The second-order valence-corrected chi connectivity index (χ2v) is 5.04. The fourth-order valence-electron chi connectivity index (χ4n) is 2.50. The van der Waals surface area contributed by atoms with E-state index < -0.39 is 6.04 Å². The number of aliphatic hydroxyl groups excluding tert-OH is 1. The Morgan fingerprint density at radius 1 is 1.35 bits per heavy atom. The first kappa shape index (κ1) is 16.4. The van der Waals surface area contributed by atoms with Gasteiger partial charge in [-0.3, -0.25) is 10.1 Å². The highest BCUT2D eigenvalue weighted by Gasteiger charge is 2.33. The van der Waals surface area contributed by atoms with Crippen molar-refractivity contribution in [3.8, 4) is 0 Å². The van der Waals surface area contributed by atoms with Gasteiger partial charge in [-0.15, -0.1) is 0 Å². The topological polar surface area (TPSA) is 63.4 Å². The molecule has 0 aromatic heterocycles. The number of nitrogens with zero attached hydrogens (tertiary/aromatic N) is 1. The molecule has 0 bridgehead atoms. The molecule has 0 saturated heterocycles. The lowest BCUT2D eigenvalue weighted by molar-refractivity contribution is -0.515.